The smallest absolute Gasteiger partial charge is 0.178 e. The highest BCUT2D eigenvalue weighted by Crippen LogP contribution is 2.16. The molecule has 0 aliphatic rings. The summed E-state index contributed by atoms with van der Waals surface area (Å²) in [5.74, 6) is -0.244. The first-order valence-electron chi connectivity index (χ1n) is 7.04. The molecule has 20 heavy (non-hydrogen) atoms. The molecule has 3 nitrogen and oxygen atoms in total. The van der Waals surface area contributed by atoms with Gasteiger partial charge in [0.2, 0.25) is 0 Å². The summed E-state index contributed by atoms with van der Waals surface area (Å²) in [7, 11) is 0. The predicted molar refractivity (Wildman–Crippen MR) is 84.1 cm³/mol. The molecule has 0 unspecified atom stereocenters. The van der Waals surface area contributed by atoms with Crippen molar-refractivity contribution in [2.45, 2.75) is 46.3 Å². The zero-order valence-corrected chi connectivity index (χ0v) is 13.3. The number of nitrogens with zero attached hydrogens (tertiary/aromatic N) is 2. The molecule has 0 saturated carbocycles. The lowest BCUT2D eigenvalue weighted by Crippen LogP contribution is -2.39. The predicted octanol–water partition coefficient (Wildman–Crippen LogP) is 3.96. The van der Waals surface area contributed by atoms with Crippen molar-refractivity contribution in [2.24, 2.45) is 0 Å². The van der Waals surface area contributed by atoms with Crippen LogP contribution >= 0.6 is 12.2 Å². The van der Waals surface area contributed by atoms with Crippen LogP contribution in [0.2, 0.25) is 0 Å². The highest BCUT2D eigenvalue weighted by Gasteiger charge is 2.14. The molecule has 2 aromatic rings. The van der Waals surface area contributed by atoms with Gasteiger partial charge in [0.1, 0.15) is 5.82 Å². The van der Waals surface area contributed by atoms with E-state index in [1.807, 2.05) is 4.57 Å². The van der Waals surface area contributed by atoms with E-state index < -0.39 is 0 Å². The summed E-state index contributed by atoms with van der Waals surface area (Å²) < 4.78 is 15.9. The van der Waals surface area contributed by atoms with Crippen LogP contribution in [0, 0.1) is 10.6 Å². The Bertz CT molecular complexity index is 634. The summed E-state index contributed by atoms with van der Waals surface area (Å²) >= 11 is 5.35. The van der Waals surface area contributed by atoms with E-state index in [1.165, 1.54) is 12.1 Å². The first kappa shape index (κ1) is 15.2. The molecule has 2 rings (SSSR count). The summed E-state index contributed by atoms with van der Waals surface area (Å²) in [5, 5.41) is 0. The summed E-state index contributed by atoms with van der Waals surface area (Å²) in [6.45, 7) is 10.5. The Hall–Kier alpha value is -1.20. The number of hydrogen-bond acceptors (Lipinski definition) is 2. The maximum Gasteiger partial charge on any atom is 0.178 e. The largest absolute Gasteiger partial charge is 0.330 e. The number of nitrogens with one attached hydrogen (secondary N) is 1. The fourth-order valence-electron chi connectivity index (χ4n) is 2.69. The van der Waals surface area contributed by atoms with E-state index in [0.29, 0.717) is 16.9 Å². The van der Waals surface area contributed by atoms with Gasteiger partial charge in [-0.1, -0.05) is 0 Å². The van der Waals surface area contributed by atoms with Crippen molar-refractivity contribution in [3.63, 3.8) is 0 Å². The van der Waals surface area contributed by atoms with Gasteiger partial charge in [-0.25, -0.2) is 4.39 Å². The molecule has 1 N–H and O–H groups in total. The van der Waals surface area contributed by atoms with Gasteiger partial charge in [-0.3, -0.25) is 4.90 Å². The zero-order valence-electron chi connectivity index (χ0n) is 12.5. The van der Waals surface area contributed by atoms with Crippen LogP contribution in [0.25, 0.3) is 11.0 Å². The minimum absolute atomic E-state index is 0.244. The first-order chi connectivity index (χ1) is 9.40. The van der Waals surface area contributed by atoms with Gasteiger partial charge in [-0.2, -0.15) is 0 Å². The molecule has 0 amide bonds. The molecule has 0 aliphatic carbocycles. The number of hydrogen-bond donors (Lipinski definition) is 1. The van der Waals surface area contributed by atoms with Gasteiger partial charge in [-0.15, -0.1) is 0 Å². The second-order valence-corrected chi connectivity index (χ2v) is 6.06. The molecule has 1 heterocycles. The van der Waals surface area contributed by atoms with E-state index >= 15 is 0 Å². The molecule has 0 fully saturated rings. The van der Waals surface area contributed by atoms with Crippen molar-refractivity contribution < 1.29 is 4.39 Å². The lowest BCUT2D eigenvalue weighted by atomic mass is 10.2. The number of halogens is 1. The summed E-state index contributed by atoms with van der Waals surface area (Å²) in [5.41, 5.74) is 1.72. The van der Waals surface area contributed by atoms with Crippen LogP contribution in [0.5, 0.6) is 0 Å². The van der Waals surface area contributed by atoms with Gasteiger partial charge in [0.25, 0.3) is 0 Å². The Kier molecular flexibility index (Phi) is 4.60. The molecule has 1 aromatic carbocycles. The van der Waals surface area contributed by atoms with E-state index in [0.717, 1.165) is 24.1 Å². The molecule has 5 heteroatoms. The Balaban J connectivity index is 2.26. The second-order valence-electron chi connectivity index (χ2n) is 5.67. The van der Waals surface area contributed by atoms with Gasteiger partial charge in [-0.05, 0) is 58.1 Å². The second kappa shape index (κ2) is 6.06. The molecule has 1 aromatic heterocycles. The number of aromatic nitrogens is 2. The summed E-state index contributed by atoms with van der Waals surface area (Å²) in [6, 6.07) is 5.74. The van der Waals surface area contributed by atoms with E-state index in [9.17, 15) is 4.39 Å². The standard InChI is InChI=1S/C15H22FN3S/c1-10(2)18(11(3)4)7-8-19-14-6-5-12(16)9-13(14)17-15(19)20/h5-6,9-11H,7-8H2,1-4H3,(H,17,20). The van der Waals surface area contributed by atoms with Crippen LogP contribution in [-0.4, -0.2) is 33.1 Å². The number of rotatable bonds is 5. The Labute approximate surface area is 124 Å². The third kappa shape index (κ3) is 3.10. The number of benzene rings is 1. The topological polar surface area (TPSA) is 24.0 Å². The van der Waals surface area contributed by atoms with Crippen LogP contribution in [-0.2, 0) is 6.54 Å². The molecule has 0 radical (unpaired) electrons. The SMILES string of the molecule is CC(C)N(CCn1c(=S)[nH]c2cc(F)ccc21)C(C)C. The Morgan fingerprint density at radius 3 is 2.50 bits per heavy atom. The minimum Gasteiger partial charge on any atom is -0.330 e. The van der Waals surface area contributed by atoms with Crippen molar-refractivity contribution in [1.29, 1.82) is 0 Å². The van der Waals surface area contributed by atoms with Crippen molar-refractivity contribution in [3.05, 3.63) is 28.8 Å². The van der Waals surface area contributed by atoms with Crippen LogP contribution in [0.4, 0.5) is 4.39 Å². The maximum atomic E-state index is 13.2. The molecule has 0 spiro atoms. The van der Waals surface area contributed by atoms with E-state index in [2.05, 4.69) is 37.6 Å². The third-order valence-corrected chi connectivity index (χ3v) is 3.97. The maximum absolute atomic E-state index is 13.2. The average Bonchev–Trinajstić information content (AvgIpc) is 2.64. The quantitative estimate of drug-likeness (QED) is 0.844. The van der Waals surface area contributed by atoms with Gasteiger partial charge >= 0.3 is 0 Å². The zero-order chi connectivity index (χ0) is 14.9. The lowest BCUT2D eigenvalue weighted by Gasteiger charge is -2.30. The third-order valence-electron chi connectivity index (χ3n) is 3.64. The normalized spacial score (nSPS) is 12.2. The van der Waals surface area contributed by atoms with Crippen LogP contribution in [0.3, 0.4) is 0 Å². The number of fused-ring (bicyclic) bond motifs is 1. The van der Waals surface area contributed by atoms with E-state index in [-0.39, 0.29) is 5.82 Å². The van der Waals surface area contributed by atoms with Crippen LogP contribution in [0.15, 0.2) is 18.2 Å². The Morgan fingerprint density at radius 2 is 1.90 bits per heavy atom. The molecule has 0 saturated heterocycles. The number of imidazole rings is 1. The highest BCUT2D eigenvalue weighted by atomic mass is 32.1. The van der Waals surface area contributed by atoms with Crippen molar-refractivity contribution >= 4 is 23.3 Å². The monoisotopic (exact) mass is 295 g/mol. The molecule has 0 aliphatic heterocycles. The van der Waals surface area contributed by atoms with E-state index in [1.54, 1.807) is 6.07 Å². The number of aromatic amines is 1. The minimum atomic E-state index is -0.244. The van der Waals surface area contributed by atoms with Gasteiger partial charge in [0.05, 0.1) is 11.0 Å². The molecule has 0 atom stereocenters. The van der Waals surface area contributed by atoms with Gasteiger partial charge < -0.3 is 9.55 Å². The summed E-state index contributed by atoms with van der Waals surface area (Å²) in [6.07, 6.45) is 0. The average molecular weight is 295 g/mol. The lowest BCUT2D eigenvalue weighted by molar-refractivity contribution is 0.168. The molecule has 0 bridgehead atoms. The first-order valence-corrected chi connectivity index (χ1v) is 7.44. The fraction of sp³-hybridized carbons (Fsp3) is 0.533. The Morgan fingerprint density at radius 1 is 1.25 bits per heavy atom. The van der Waals surface area contributed by atoms with Crippen LogP contribution < -0.4 is 0 Å². The fourth-order valence-corrected chi connectivity index (χ4v) is 2.99. The van der Waals surface area contributed by atoms with Gasteiger partial charge in [0, 0.05) is 25.2 Å². The van der Waals surface area contributed by atoms with Crippen molar-refractivity contribution in [3.8, 4) is 0 Å². The molecular weight excluding hydrogens is 273 g/mol. The van der Waals surface area contributed by atoms with Crippen molar-refractivity contribution in [1.82, 2.24) is 14.5 Å². The van der Waals surface area contributed by atoms with Crippen molar-refractivity contribution in [2.75, 3.05) is 6.54 Å². The van der Waals surface area contributed by atoms with Crippen LogP contribution in [0.1, 0.15) is 27.7 Å². The number of H-pyrrole nitrogens is 1. The molecular formula is C15H22FN3S. The highest BCUT2D eigenvalue weighted by molar-refractivity contribution is 7.71. The molecule has 110 valence electrons. The van der Waals surface area contributed by atoms with E-state index in [4.69, 9.17) is 12.2 Å². The summed E-state index contributed by atoms with van der Waals surface area (Å²) in [4.78, 5) is 5.49. The van der Waals surface area contributed by atoms with Gasteiger partial charge in [0.15, 0.2) is 4.77 Å².